The van der Waals surface area contributed by atoms with Crippen molar-refractivity contribution in [3.8, 4) is 5.75 Å². The molecule has 2 saturated heterocycles. The van der Waals surface area contributed by atoms with Gasteiger partial charge in [0.25, 0.3) is 0 Å². The third-order valence-corrected chi connectivity index (χ3v) is 16.9. The number of anilines is 1. The molecule has 2 aliphatic heterocycles. The number of halogens is 2. The monoisotopic (exact) mass is 887 g/mol. The van der Waals surface area contributed by atoms with Crippen molar-refractivity contribution in [1.82, 2.24) is 9.47 Å². The summed E-state index contributed by atoms with van der Waals surface area (Å²) in [6.45, 7) is 7.99. The SMILES string of the molecule is COc1c(N2CC3CCCN(Cc4oc(=O)oc4C)C3C2)c(F)cc2c(=O)c(C(=O)OCC(=O)[C@]3(O)[C@H](C)C[C@@H]4[C@H]5CCC6=CC(=O)C=C[C@@]6(C)[C@]5(F)[C@H](O)C[C@]43C)cn(C3CC3)c12. The van der Waals surface area contributed by atoms with Crippen LogP contribution in [0.3, 0.4) is 0 Å². The number of fused-ring (bicyclic) bond motifs is 7. The summed E-state index contributed by atoms with van der Waals surface area (Å²) in [6, 6.07) is 1.03. The molecule has 16 heteroatoms. The molecule has 14 nitrogen and oxygen atoms in total. The lowest BCUT2D eigenvalue weighted by atomic mass is 9.44. The average Bonchev–Trinajstić information content (AvgIpc) is 3.87. The lowest BCUT2D eigenvalue weighted by molar-refractivity contribution is -0.219. The number of carbonyl (C=O) groups excluding carboxylic acids is 3. The number of carbonyl (C=O) groups is 3. The third-order valence-electron chi connectivity index (χ3n) is 16.9. The van der Waals surface area contributed by atoms with E-state index in [-0.39, 0.29) is 53.4 Å². The molecule has 3 aromatic rings. The van der Waals surface area contributed by atoms with E-state index in [4.69, 9.17) is 18.3 Å². The Bertz CT molecular complexity index is 2680. The molecule has 2 unspecified atom stereocenters. The van der Waals surface area contributed by atoms with Gasteiger partial charge in [0.1, 0.15) is 22.6 Å². The number of pyridine rings is 1. The van der Waals surface area contributed by atoms with Crippen LogP contribution in [0.1, 0.15) is 100 Å². The number of ether oxygens (including phenoxy) is 2. The molecule has 0 radical (unpaired) electrons. The number of likely N-dealkylation sites (tertiary alicyclic amines) is 1. The summed E-state index contributed by atoms with van der Waals surface area (Å²) >= 11 is 0. The average molecular weight is 888 g/mol. The standard InChI is InChI=1S/C48H55F2N3O11/c1-24-15-33-32-11-8-27-16-29(54)12-13-45(27,3)47(32,50)37(55)18-46(33,4)48(24,60)38(56)23-62-43(58)31-20-53(28-9-10-28)39-30(41(31)57)17-34(49)40(42(39)61-5)52-19-26-7-6-14-51(35(26)21-52)22-36-25(2)63-44(59)64-36/h12-13,16-17,20,24,26,28,32-33,35,37,55,60H,6-11,14-15,18-19,21-23H2,1-5H3/t24-,26?,32-,33-,35?,37-,45-,46-,47-,48-/m1/s1. The zero-order chi connectivity index (χ0) is 45.4. The van der Waals surface area contributed by atoms with E-state index in [9.17, 15) is 34.2 Å². The highest BCUT2D eigenvalue weighted by molar-refractivity contribution is 6.01. The summed E-state index contributed by atoms with van der Waals surface area (Å²) in [7, 11) is 1.42. The minimum atomic E-state index is -2.16. The van der Waals surface area contributed by atoms with Crippen LogP contribution in [0, 0.1) is 47.2 Å². The van der Waals surface area contributed by atoms with Gasteiger partial charge in [0, 0.05) is 48.1 Å². The Hall–Kier alpha value is -4.93. The van der Waals surface area contributed by atoms with Crippen LogP contribution in [-0.4, -0.2) is 94.0 Å². The number of Topliss-reactive ketones (excluding diaryl/α,β-unsaturated/α-hetero) is 1. The number of nitrogens with zero attached hydrogens (tertiary/aromatic N) is 3. The van der Waals surface area contributed by atoms with E-state index in [1.54, 1.807) is 38.3 Å². The van der Waals surface area contributed by atoms with E-state index < -0.39 is 86.9 Å². The number of ketones is 2. The van der Waals surface area contributed by atoms with Crippen molar-refractivity contribution in [1.29, 1.82) is 0 Å². The van der Waals surface area contributed by atoms with Crippen LogP contribution < -0.4 is 20.9 Å². The van der Waals surface area contributed by atoms with Gasteiger partial charge in [-0.05, 0) is 108 Å². The molecule has 5 aliphatic carbocycles. The first-order chi connectivity index (χ1) is 30.3. The van der Waals surface area contributed by atoms with Gasteiger partial charge >= 0.3 is 11.8 Å². The number of piperidine rings is 1. The van der Waals surface area contributed by atoms with E-state index in [0.29, 0.717) is 55.1 Å². The fourth-order valence-corrected chi connectivity index (χ4v) is 13.5. The second-order valence-corrected chi connectivity index (χ2v) is 20.1. The van der Waals surface area contributed by atoms with Gasteiger partial charge in [0.2, 0.25) is 11.2 Å². The topological polar surface area (TPSA) is 182 Å². The number of methoxy groups -OCH3 is 1. The lowest BCUT2D eigenvalue weighted by Crippen LogP contribution is -2.69. The van der Waals surface area contributed by atoms with Crippen molar-refractivity contribution in [3.63, 3.8) is 0 Å². The minimum absolute atomic E-state index is 0.0150. The number of aromatic nitrogens is 1. The number of hydrogen-bond donors (Lipinski definition) is 2. The molecule has 0 amide bonds. The number of aliphatic hydroxyl groups excluding tert-OH is 1. The molecule has 1 aromatic carbocycles. The molecule has 4 heterocycles. The maximum absolute atomic E-state index is 17.7. The Balaban J connectivity index is 0.913. The van der Waals surface area contributed by atoms with Crippen LogP contribution in [0.25, 0.3) is 10.9 Å². The molecule has 0 bridgehead atoms. The summed E-state index contributed by atoms with van der Waals surface area (Å²) in [5.74, 6) is -4.37. The van der Waals surface area contributed by atoms with Gasteiger partial charge in [-0.1, -0.05) is 25.5 Å². The predicted octanol–water partition coefficient (Wildman–Crippen LogP) is 5.51. The van der Waals surface area contributed by atoms with Gasteiger partial charge in [-0.25, -0.2) is 18.4 Å². The van der Waals surface area contributed by atoms with Crippen LogP contribution in [0.5, 0.6) is 5.75 Å². The molecule has 7 aliphatic rings. The van der Waals surface area contributed by atoms with Crippen LogP contribution >= 0.6 is 0 Å². The number of aliphatic hydroxyl groups is 2. The summed E-state index contributed by atoms with van der Waals surface area (Å²) < 4.78 is 58.0. The predicted molar refractivity (Wildman–Crippen MR) is 227 cm³/mol. The molecule has 64 heavy (non-hydrogen) atoms. The van der Waals surface area contributed by atoms with Crippen molar-refractivity contribution in [2.45, 2.75) is 115 Å². The Labute approximate surface area is 367 Å². The molecule has 0 spiro atoms. The van der Waals surface area contributed by atoms with Gasteiger partial charge in [-0.3, -0.25) is 19.3 Å². The Morgan fingerprint density at radius 2 is 1.83 bits per heavy atom. The number of hydrogen-bond acceptors (Lipinski definition) is 13. The number of alkyl halides is 1. The first-order valence-electron chi connectivity index (χ1n) is 22.6. The molecule has 2 N–H and O–H groups in total. The highest BCUT2D eigenvalue weighted by Gasteiger charge is 2.75. The highest BCUT2D eigenvalue weighted by Crippen LogP contribution is 2.70. The highest BCUT2D eigenvalue weighted by atomic mass is 19.1. The molecule has 6 fully saturated rings. The fraction of sp³-hybridized carbons (Fsp3) is 0.604. The fourth-order valence-electron chi connectivity index (χ4n) is 13.5. The van der Waals surface area contributed by atoms with Crippen molar-refractivity contribution in [2.75, 3.05) is 38.3 Å². The maximum atomic E-state index is 17.7. The van der Waals surface area contributed by atoms with Crippen LogP contribution in [0.15, 0.2) is 54.5 Å². The molecule has 342 valence electrons. The Morgan fingerprint density at radius 1 is 1.06 bits per heavy atom. The second-order valence-electron chi connectivity index (χ2n) is 20.1. The first kappa shape index (κ1) is 43.0. The number of allylic oxidation sites excluding steroid dienone is 4. The van der Waals surface area contributed by atoms with Gasteiger partial charge < -0.3 is 38.0 Å². The van der Waals surface area contributed by atoms with Crippen molar-refractivity contribution >= 4 is 34.1 Å². The summed E-state index contributed by atoms with van der Waals surface area (Å²) in [5, 5.41) is 24.1. The van der Waals surface area contributed by atoms with E-state index in [0.717, 1.165) is 38.3 Å². The van der Waals surface area contributed by atoms with Crippen molar-refractivity contribution in [3.05, 3.63) is 79.8 Å². The van der Waals surface area contributed by atoms with Crippen molar-refractivity contribution < 1.29 is 51.7 Å². The molecule has 4 saturated carbocycles. The van der Waals surface area contributed by atoms with Crippen molar-refractivity contribution in [2.24, 2.45) is 34.5 Å². The molecular formula is C48H55F2N3O11. The van der Waals surface area contributed by atoms with Gasteiger partial charge in [-0.2, -0.15) is 0 Å². The van der Waals surface area contributed by atoms with E-state index in [1.807, 2.05) is 4.90 Å². The normalized spacial score (nSPS) is 35.7. The van der Waals surface area contributed by atoms with E-state index >= 15 is 8.78 Å². The first-order valence-corrected chi connectivity index (χ1v) is 22.6. The number of aryl methyl sites for hydroxylation is 1. The van der Waals surface area contributed by atoms with Gasteiger partial charge in [-0.15, -0.1) is 0 Å². The summed E-state index contributed by atoms with van der Waals surface area (Å²) in [5.41, 5.74) is -6.86. The number of rotatable bonds is 9. The largest absolute Gasteiger partial charge is 0.519 e. The Morgan fingerprint density at radius 3 is 2.53 bits per heavy atom. The Kier molecular flexibility index (Phi) is 9.94. The van der Waals surface area contributed by atoms with E-state index in [1.165, 1.54) is 25.5 Å². The number of benzene rings is 1. The molecule has 10 atom stereocenters. The number of esters is 1. The smallest absolute Gasteiger partial charge is 0.492 e. The molecule has 2 aromatic heterocycles. The molecule has 10 rings (SSSR count). The minimum Gasteiger partial charge on any atom is -0.492 e. The zero-order valence-corrected chi connectivity index (χ0v) is 36.8. The zero-order valence-electron chi connectivity index (χ0n) is 36.8. The van der Waals surface area contributed by atoms with Gasteiger partial charge in [0.15, 0.2) is 35.4 Å². The molecular weight excluding hydrogens is 833 g/mol. The van der Waals surface area contributed by atoms with Crippen LogP contribution in [0.4, 0.5) is 14.5 Å². The van der Waals surface area contributed by atoms with Crippen LogP contribution in [-0.2, 0) is 20.9 Å². The second kappa shape index (κ2) is 14.8. The van der Waals surface area contributed by atoms with Crippen LogP contribution in [0.2, 0.25) is 0 Å². The quantitative estimate of drug-likeness (QED) is 0.257. The maximum Gasteiger partial charge on any atom is 0.519 e. The van der Waals surface area contributed by atoms with E-state index in [2.05, 4.69) is 4.90 Å². The summed E-state index contributed by atoms with van der Waals surface area (Å²) in [4.78, 5) is 70.7. The lowest BCUT2D eigenvalue weighted by Gasteiger charge is -2.62. The summed E-state index contributed by atoms with van der Waals surface area (Å²) in [6.07, 6.45) is 8.20. The third kappa shape index (κ3) is 5.99. The van der Waals surface area contributed by atoms with Gasteiger partial charge in [0.05, 0.1) is 30.7 Å².